The Hall–Kier alpha value is -1.00. The Bertz CT molecular complexity index is 341. The van der Waals surface area contributed by atoms with Crippen molar-refractivity contribution in [3.63, 3.8) is 0 Å². The fraction of sp³-hybridized carbons (Fsp3) is 0.500. The van der Waals surface area contributed by atoms with E-state index in [1.165, 1.54) is 12.7 Å². The number of hydrogen-bond acceptors (Lipinski definition) is 3. The number of nitrogens with one attached hydrogen (secondary N) is 1. The van der Waals surface area contributed by atoms with E-state index < -0.39 is 0 Å². The van der Waals surface area contributed by atoms with Gasteiger partial charge in [-0.2, -0.15) is 13.5 Å². The van der Waals surface area contributed by atoms with Gasteiger partial charge in [0, 0.05) is 6.54 Å². The highest BCUT2D eigenvalue weighted by molar-refractivity contribution is 7.59. The Labute approximate surface area is 116 Å². The standard InChI is InChI=1S/C14H21NO2.H2S/c1-11(2)9-13(14(16)17-3)15-10-12-7-5-4-6-8-12;/h4-8,11,13,15H,9-10H2,1-3H3;1H2/t13-;/m0./s1. The van der Waals surface area contributed by atoms with E-state index in [2.05, 4.69) is 19.2 Å². The Morgan fingerprint density at radius 3 is 2.39 bits per heavy atom. The van der Waals surface area contributed by atoms with Crippen molar-refractivity contribution < 1.29 is 9.53 Å². The van der Waals surface area contributed by atoms with E-state index >= 15 is 0 Å². The number of hydrogen-bond donors (Lipinski definition) is 1. The van der Waals surface area contributed by atoms with Crippen molar-refractivity contribution in [2.75, 3.05) is 7.11 Å². The normalized spacial score (nSPS) is 11.8. The van der Waals surface area contributed by atoms with Gasteiger partial charge in [0.05, 0.1) is 7.11 Å². The summed E-state index contributed by atoms with van der Waals surface area (Å²) in [4.78, 5) is 11.6. The van der Waals surface area contributed by atoms with Crippen LogP contribution in [0, 0.1) is 5.92 Å². The van der Waals surface area contributed by atoms with Gasteiger partial charge >= 0.3 is 5.97 Å². The second-order valence-corrected chi connectivity index (χ2v) is 4.57. The van der Waals surface area contributed by atoms with E-state index in [9.17, 15) is 4.79 Å². The van der Waals surface area contributed by atoms with Crippen molar-refractivity contribution in [3.8, 4) is 0 Å². The predicted octanol–water partition coefficient (Wildman–Crippen LogP) is 2.48. The van der Waals surface area contributed by atoms with Crippen LogP contribution in [0.2, 0.25) is 0 Å². The average molecular weight is 269 g/mol. The summed E-state index contributed by atoms with van der Waals surface area (Å²) in [5, 5.41) is 3.24. The lowest BCUT2D eigenvalue weighted by Gasteiger charge is -2.18. The van der Waals surface area contributed by atoms with Crippen LogP contribution in [0.15, 0.2) is 30.3 Å². The molecule has 1 atom stereocenters. The summed E-state index contributed by atoms with van der Waals surface area (Å²) in [6.07, 6.45) is 0.791. The van der Waals surface area contributed by atoms with E-state index in [-0.39, 0.29) is 25.5 Å². The lowest BCUT2D eigenvalue weighted by molar-refractivity contribution is -0.143. The first-order chi connectivity index (χ1) is 8.13. The van der Waals surface area contributed by atoms with Crippen LogP contribution in [0.5, 0.6) is 0 Å². The fourth-order valence-corrected chi connectivity index (χ4v) is 1.71. The highest BCUT2D eigenvalue weighted by Gasteiger charge is 2.19. The summed E-state index contributed by atoms with van der Waals surface area (Å²) in [7, 11) is 1.43. The maximum Gasteiger partial charge on any atom is 0.322 e. The maximum atomic E-state index is 11.6. The lowest BCUT2D eigenvalue weighted by atomic mass is 10.0. The number of rotatable bonds is 6. The van der Waals surface area contributed by atoms with Crippen molar-refractivity contribution in [3.05, 3.63) is 35.9 Å². The molecule has 4 heteroatoms. The average Bonchev–Trinajstić information content (AvgIpc) is 2.34. The molecule has 0 unspecified atom stereocenters. The number of carbonyl (C=O) groups is 1. The van der Waals surface area contributed by atoms with Crippen molar-refractivity contribution in [1.82, 2.24) is 5.32 Å². The number of methoxy groups -OCH3 is 1. The molecule has 1 aromatic rings. The summed E-state index contributed by atoms with van der Waals surface area (Å²) in [5.74, 6) is 0.275. The zero-order valence-electron chi connectivity index (χ0n) is 11.3. The summed E-state index contributed by atoms with van der Waals surface area (Å²) >= 11 is 0. The van der Waals surface area contributed by atoms with Gasteiger partial charge in [-0.15, -0.1) is 0 Å². The highest BCUT2D eigenvalue weighted by Crippen LogP contribution is 2.07. The van der Waals surface area contributed by atoms with Gasteiger partial charge in [-0.1, -0.05) is 44.2 Å². The molecule has 0 fully saturated rings. The monoisotopic (exact) mass is 269 g/mol. The van der Waals surface area contributed by atoms with Crippen LogP contribution in [-0.4, -0.2) is 19.1 Å². The van der Waals surface area contributed by atoms with Crippen LogP contribution in [0.3, 0.4) is 0 Å². The number of carbonyl (C=O) groups excluding carboxylic acids is 1. The Morgan fingerprint density at radius 1 is 1.28 bits per heavy atom. The van der Waals surface area contributed by atoms with E-state index in [1.807, 2.05) is 30.3 Å². The molecule has 1 N–H and O–H groups in total. The molecule has 3 nitrogen and oxygen atoms in total. The molecule has 1 aromatic carbocycles. The summed E-state index contributed by atoms with van der Waals surface area (Å²) in [5.41, 5.74) is 1.17. The van der Waals surface area contributed by atoms with Crippen LogP contribution in [0.25, 0.3) is 0 Å². The van der Waals surface area contributed by atoms with Crippen molar-refractivity contribution >= 4 is 19.5 Å². The predicted molar refractivity (Wildman–Crippen MR) is 78.9 cm³/mol. The quantitative estimate of drug-likeness (QED) is 0.806. The van der Waals surface area contributed by atoms with E-state index in [4.69, 9.17) is 4.74 Å². The van der Waals surface area contributed by atoms with Crippen LogP contribution >= 0.6 is 13.5 Å². The molecular weight excluding hydrogens is 246 g/mol. The van der Waals surface area contributed by atoms with Gasteiger partial charge in [0.2, 0.25) is 0 Å². The molecule has 1 rings (SSSR count). The Balaban J connectivity index is 0.00000289. The largest absolute Gasteiger partial charge is 0.468 e. The van der Waals surface area contributed by atoms with Crippen LogP contribution < -0.4 is 5.32 Å². The van der Waals surface area contributed by atoms with Gasteiger partial charge in [0.15, 0.2) is 0 Å². The lowest BCUT2D eigenvalue weighted by Crippen LogP contribution is -2.38. The van der Waals surface area contributed by atoms with Crippen LogP contribution in [-0.2, 0) is 16.1 Å². The summed E-state index contributed by atoms with van der Waals surface area (Å²) in [6.45, 7) is 4.88. The summed E-state index contributed by atoms with van der Waals surface area (Å²) < 4.78 is 4.80. The zero-order chi connectivity index (χ0) is 12.7. The second kappa shape index (κ2) is 9.00. The first kappa shape index (κ1) is 17.0. The molecule has 102 valence electrons. The van der Waals surface area contributed by atoms with Crippen LogP contribution in [0.1, 0.15) is 25.8 Å². The minimum atomic E-state index is -0.222. The molecule has 0 spiro atoms. The van der Waals surface area contributed by atoms with Gasteiger partial charge < -0.3 is 10.1 Å². The van der Waals surface area contributed by atoms with Crippen LogP contribution in [0.4, 0.5) is 0 Å². The van der Waals surface area contributed by atoms with Gasteiger partial charge in [-0.05, 0) is 17.9 Å². The van der Waals surface area contributed by atoms with E-state index in [0.717, 1.165) is 6.42 Å². The van der Waals surface area contributed by atoms with Crippen molar-refractivity contribution in [2.45, 2.75) is 32.9 Å². The molecular formula is C14H23NO2S. The number of esters is 1. The summed E-state index contributed by atoms with van der Waals surface area (Å²) in [6, 6.07) is 9.82. The Kier molecular flexibility index (Phi) is 8.50. The first-order valence-electron chi connectivity index (χ1n) is 5.98. The first-order valence-corrected chi connectivity index (χ1v) is 5.98. The van der Waals surface area contributed by atoms with Gasteiger partial charge in [0.25, 0.3) is 0 Å². The molecule has 0 saturated heterocycles. The van der Waals surface area contributed by atoms with Gasteiger partial charge in [0.1, 0.15) is 6.04 Å². The second-order valence-electron chi connectivity index (χ2n) is 4.57. The number of benzene rings is 1. The fourth-order valence-electron chi connectivity index (χ4n) is 1.71. The molecule has 0 amide bonds. The van der Waals surface area contributed by atoms with Crippen molar-refractivity contribution in [1.29, 1.82) is 0 Å². The molecule has 0 aromatic heterocycles. The third kappa shape index (κ3) is 6.07. The molecule has 0 bridgehead atoms. The minimum Gasteiger partial charge on any atom is -0.468 e. The molecule has 0 aliphatic rings. The SMILES string of the molecule is COC(=O)[C@H](CC(C)C)NCc1ccccc1.S. The smallest absolute Gasteiger partial charge is 0.322 e. The van der Waals surface area contributed by atoms with E-state index in [0.29, 0.717) is 12.5 Å². The minimum absolute atomic E-state index is 0. The molecule has 0 saturated carbocycles. The van der Waals surface area contributed by atoms with Gasteiger partial charge in [-0.25, -0.2) is 0 Å². The van der Waals surface area contributed by atoms with Gasteiger partial charge in [-0.3, -0.25) is 4.79 Å². The molecule has 18 heavy (non-hydrogen) atoms. The number of ether oxygens (including phenoxy) is 1. The van der Waals surface area contributed by atoms with Crippen molar-refractivity contribution in [2.24, 2.45) is 5.92 Å². The Morgan fingerprint density at radius 2 is 1.89 bits per heavy atom. The third-order valence-electron chi connectivity index (χ3n) is 2.59. The van der Waals surface area contributed by atoms with E-state index in [1.54, 1.807) is 0 Å². The molecule has 0 heterocycles. The molecule has 0 aliphatic carbocycles. The maximum absolute atomic E-state index is 11.6. The third-order valence-corrected chi connectivity index (χ3v) is 2.59. The molecule has 0 radical (unpaired) electrons. The topological polar surface area (TPSA) is 38.3 Å². The molecule has 0 aliphatic heterocycles. The highest BCUT2D eigenvalue weighted by atomic mass is 32.1. The zero-order valence-corrected chi connectivity index (χ0v) is 12.3.